The molecule has 0 radical (unpaired) electrons. The van der Waals surface area contributed by atoms with Gasteiger partial charge in [0.1, 0.15) is 5.82 Å². The number of aromatic nitrogens is 2. The molecule has 5 heteroatoms. The highest BCUT2D eigenvalue weighted by atomic mass is 16.2. The second-order valence-electron chi connectivity index (χ2n) is 6.40. The topological polar surface area (TPSA) is 64.0 Å². The van der Waals surface area contributed by atoms with Gasteiger partial charge in [-0.1, -0.05) is 31.2 Å². The zero-order chi connectivity index (χ0) is 16.0. The molecule has 0 saturated heterocycles. The molecule has 2 bridgehead atoms. The second kappa shape index (κ2) is 5.33. The van der Waals surface area contributed by atoms with Crippen molar-refractivity contribution in [2.45, 2.75) is 26.2 Å². The van der Waals surface area contributed by atoms with Gasteiger partial charge in [-0.15, -0.1) is 0 Å². The van der Waals surface area contributed by atoms with Gasteiger partial charge in [-0.3, -0.25) is 15.0 Å². The largest absolute Gasteiger partial charge is 0.280 e. The summed E-state index contributed by atoms with van der Waals surface area (Å²) in [6.07, 6.45) is 6.86. The van der Waals surface area contributed by atoms with Crippen LogP contribution in [0.1, 0.15) is 25.6 Å². The summed E-state index contributed by atoms with van der Waals surface area (Å²) in [6, 6.07) is 7.23. The minimum atomic E-state index is -0.209. The van der Waals surface area contributed by atoms with Crippen molar-refractivity contribution in [1.29, 1.82) is 0 Å². The van der Waals surface area contributed by atoms with Gasteiger partial charge in [-0.05, 0) is 36.8 Å². The minimum absolute atomic E-state index is 0.0342. The van der Waals surface area contributed by atoms with E-state index in [0.717, 1.165) is 12.8 Å². The number of para-hydroxylation sites is 1. The Morgan fingerprint density at radius 2 is 2.13 bits per heavy atom. The fourth-order valence-electron chi connectivity index (χ4n) is 3.81. The van der Waals surface area contributed by atoms with Crippen molar-refractivity contribution in [2.75, 3.05) is 5.43 Å². The summed E-state index contributed by atoms with van der Waals surface area (Å²) < 4.78 is 1.33. The van der Waals surface area contributed by atoms with Crippen LogP contribution < -0.4 is 11.0 Å². The summed E-state index contributed by atoms with van der Waals surface area (Å²) in [4.78, 5) is 29.9. The lowest BCUT2D eigenvalue weighted by Gasteiger charge is -2.20. The lowest BCUT2D eigenvalue weighted by Crippen LogP contribution is -2.40. The molecule has 4 rings (SSSR count). The van der Waals surface area contributed by atoms with E-state index < -0.39 is 0 Å². The van der Waals surface area contributed by atoms with E-state index in [4.69, 9.17) is 0 Å². The maximum atomic E-state index is 12.7. The summed E-state index contributed by atoms with van der Waals surface area (Å²) >= 11 is 0. The third-order valence-corrected chi connectivity index (χ3v) is 5.00. The van der Waals surface area contributed by atoms with Crippen LogP contribution in [-0.2, 0) is 11.2 Å². The van der Waals surface area contributed by atoms with Gasteiger partial charge in [0, 0.05) is 12.3 Å². The number of aryl methyl sites for hydroxylation is 1. The minimum Gasteiger partial charge on any atom is -0.273 e. The maximum absolute atomic E-state index is 12.7. The van der Waals surface area contributed by atoms with Gasteiger partial charge in [0.15, 0.2) is 0 Å². The number of carbonyl (C=O) groups is 1. The van der Waals surface area contributed by atoms with Crippen molar-refractivity contribution < 1.29 is 4.79 Å². The Hall–Kier alpha value is -2.43. The van der Waals surface area contributed by atoms with Crippen LogP contribution >= 0.6 is 0 Å². The van der Waals surface area contributed by atoms with Crippen LogP contribution in [0.4, 0.5) is 0 Å². The van der Waals surface area contributed by atoms with Crippen molar-refractivity contribution in [1.82, 2.24) is 9.66 Å². The van der Waals surface area contributed by atoms with Crippen LogP contribution in [0.15, 0.2) is 41.2 Å². The monoisotopic (exact) mass is 309 g/mol. The molecule has 0 aliphatic heterocycles. The quantitative estimate of drug-likeness (QED) is 0.884. The summed E-state index contributed by atoms with van der Waals surface area (Å²) in [6.45, 7) is 1.93. The molecule has 5 nitrogen and oxygen atoms in total. The zero-order valence-corrected chi connectivity index (χ0v) is 13.0. The Balaban J connectivity index is 1.71. The van der Waals surface area contributed by atoms with Crippen LogP contribution in [0.25, 0.3) is 10.9 Å². The van der Waals surface area contributed by atoms with Gasteiger partial charge in [-0.25, -0.2) is 9.66 Å². The molecule has 1 aromatic heterocycles. The van der Waals surface area contributed by atoms with E-state index in [1.54, 1.807) is 6.07 Å². The Bertz CT molecular complexity index is 868. The van der Waals surface area contributed by atoms with Crippen LogP contribution in [0.3, 0.4) is 0 Å². The number of fused-ring (bicyclic) bond motifs is 3. The number of carbonyl (C=O) groups excluding carboxylic acids is 1. The average molecular weight is 309 g/mol. The van der Waals surface area contributed by atoms with Gasteiger partial charge in [0.05, 0.1) is 10.9 Å². The van der Waals surface area contributed by atoms with Crippen LogP contribution in [0.5, 0.6) is 0 Å². The van der Waals surface area contributed by atoms with E-state index in [1.807, 2.05) is 25.1 Å². The van der Waals surface area contributed by atoms with E-state index >= 15 is 0 Å². The summed E-state index contributed by atoms with van der Waals surface area (Å²) in [7, 11) is 0. The van der Waals surface area contributed by atoms with Gasteiger partial charge >= 0.3 is 0 Å². The molecule has 0 spiro atoms. The molecule has 1 fully saturated rings. The summed E-state index contributed by atoms with van der Waals surface area (Å²) in [5.41, 5.74) is 3.28. The highest BCUT2D eigenvalue weighted by molar-refractivity contribution is 5.87. The SMILES string of the molecule is CCc1nc2ccccc2c(=O)n1NC(=O)C1CC2C=CC1C2. The molecule has 2 aromatic rings. The molecule has 2 aliphatic rings. The predicted molar refractivity (Wildman–Crippen MR) is 88.6 cm³/mol. The lowest BCUT2D eigenvalue weighted by atomic mass is 9.93. The Kier molecular flexibility index (Phi) is 3.29. The first-order chi connectivity index (χ1) is 11.2. The van der Waals surface area contributed by atoms with Gasteiger partial charge in [0.25, 0.3) is 5.56 Å². The number of benzene rings is 1. The van der Waals surface area contributed by atoms with Crippen molar-refractivity contribution in [3.05, 3.63) is 52.6 Å². The molecule has 1 heterocycles. The van der Waals surface area contributed by atoms with E-state index in [9.17, 15) is 9.59 Å². The summed E-state index contributed by atoms with van der Waals surface area (Å²) in [5.74, 6) is 1.31. The lowest BCUT2D eigenvalue weighted by molar-refractivity contribution is -0.121. The van der Waals surface area contributed by atoms with Crippen molar-refractivity contribution in [3.63, 3.8) is 0 Å². The molecule has 2 aliphatic carbocycles. The molecule has 23 heavy (non-hydrogen) atoms. The fourth-order valence-corrected chi connectivity index (χ4v) is 3.81. The number of hydrogen-bond donors (Lipinski definition) is 1. The Morgan fingerprint density at radius 3 is 2.83 bits per heavy atom. The van der Waals surface area contributed by atoms with E-state index in [-0.39, 0.29) is 17.4 Å². The molecule has 1 amide bonds. The molecule has 3 atom stereocenters. The molecular weight excluding hydrogens is 290 g/mol. The number of amides is 1. The predicted octanol–water partition coefficient (Wildman–Crippen LogP) is 2.24. The highest BCUT2D eigenvalue weighted by Crippen LogP contribution is 2.43. The number of allylic oxidation sites excluding steroid dienone is 2. The molecule has 118 valence electrons. The third-order valence-electron chi connectivity index (χ3n) is 5.00. The van der Waals surface area contributed by atoms with Gasteiger partial charge in [0.2, 0.25) is 5.91 Å². The van der Waals surface area contributed by atoms with Gasteiger partial charge in [-0.2, -0.15) is 0 Å². The number of nitrogens with zero attached hydrogens (tertiary/aromatic N) is 2. The summed E-state index contributed by atoms with van der Waals surface area (Å²) in [5, 5.41) is 0.526. The molecule has 3 unspecified atom stereocenters. The number of rotatable bonds is 3. The van der Waals surface area contributed by atoms with Crippen LogP contribution in [0, 0.1) is 17.8 Å². The van der Waals surface area contributed by atoms with E-state index in [2.05, 4.69) is 22.6 Å². The third kappa shape index (κ3) is 2.27. The fraction of sp³-hybridized carbons (Fsp3) is 0.389. The number of nitrogens with one attached hydrogen (secondary N) is 1. The molecule has 1 saturated carbocycles. The first-order valence-electron chi connectivity index (χ1n) is 8.17. The first-order valence-corrected chi connectivity index (χ1v) is 8.17. The smallest absolute Gasteiger partial charge is 0.273 e. The average Bonchev–Trinajstić information content (AvgIpc) is 3.20. The normalized spacial score (nSPS) is 25.2. The maximum Gasteiger partial charge on any atom is 0.280 e. The highest BCUT2D eigenvalue weighted by Gasteiger charge is 2.40. The Morgan fingerprint density at radius 1 is 1.30 bits per heavy atom. The van der Waals surface area contributed by atoms with Crippen LogP contribution in [0.2, 0.25) is 0 Å². The molecular formula is C18H19N3O2. The Labute approximate surface area is 134 Å². The van der Waals surface area contributed by atoms with Crippen molar-refractivity contribution in [3.8, 4) is 0 Å². The van der Waals surface area contributed by atoms with Crippen molar-refractivity contribution in [2.24, 2.45) is 17.8 Å². The van der Waals surface area contributed by atoms with Crippen molar-refractivity contribution >= 4 is 16.8 Å². The first kappa shape index (κ1) is 14.2. The van der Waals surface area contributed by atoms with Crippen LogP contribution in [-0.4, -0.2) is 15.6 Å². The molecule has 1 aromatic carbocycles. The second-order valence-corrected chi connectivity index (χ2v) is 6.40. The zero-order valence-electron chi connectivity index (χ0n) is 13.0. The van der Waals surface area contributed by atoms with Gasteiger partial charge < -0.3 is 0 Å². The van der Waals surface area contributed by atoms with E-state index in [1.165, 1.54) is 4.68 Å². The van der Waals surface area contributed by atoms with E-state index in [0.29, 0.717) is 35.0 Å². The standard InChI is InChI=1S/C18H19N3O2/c1-2-16-19-15-6-4-3-5-13(15)18(23)21(16)20-17(22)14-10-11-7-8-12(14)9-11/h3-8,11-12,14H,2,9-10H2,1H3,(H,20,22). The molecule has 1 N–H and O–H groups in total. The number of hydrogen-bond acceptors (Lipinski definition) is 3.